The number of cyclic esters (lactones) is 1. The highest BCUT2D eigenvalue weighted by Crippen LogP contribution is 2.53. The lowest BCUT2D eigenvalue weighted by Crippen LogP contribution is -2.31. The first-order chi connectivity index (χ1) is 24.0. The fourth-order valence-corrected chi connectivity index (χ4v) is 7.37. The van der Waals surface area contributed by atoms with Gasteiger partial charge in [0, 0.05) is 54.0 Å². The van der Waals surface area contributed by atoms with E-state index >= 15 is 0 Å². The zero-order valence-corrected chi connectivity index (χ0v) is 29.9. The van der Waals surface area contributed by atoms with E-state index in [1.165, 1.54) is 64.2 Å². The first-order valence-electron chi connectivity index (χ1n) is 18.7. The first-order valence-corrected chi connectivity index (χ1v) is 18.7. The minimum absolute atomic E-state index is 0.280. The maximum atomic E-state index is 13.5. The number of hydrogen-bond donors (Lipinski definition) is 0. The van der Waals surface area contributed by atoms with Crippen LogP contribution in [0.25, 0.3) is 0 Å². The van der Waals surface area contributed by atoms with Crippen LogP contribution in [0, 0.1) is 0 Å². The fourth-order valence-electron chi connectivity index (χ4n) is 7.37. The van der Waals surface area contributed by atoms with E-state index in [1.54, 1.807) is 26.4 Å². The third-order valence-electron chi connectivity index (χ3n) is 10.1. The van der Waals surface area contributed by atoms with Gasteiger partial charge in [-0.2, -0.15) is 0 Å². The van der Waals surface area contributed by atoms with Gasteiger partial charge in [-0.1, -0.05) is 102 Å². The summed E-state index contributed by atoms with van der Waals surface area (Å²) in [7, 11) is 3.18. The van der Waals surface area contributed by atoms with Crippen LogP contribution in [0.2, 0.25) is 0 Å². The summed E-state index contributed by atoms with van der Waals surface area (Å²) in [6, 6.07) is 18.8. The second-order valence-corrected chi connectivity index (χ2v) is 13.5. The number of esters is 2. The number of ether oxygens (including phenoxy) is 4. The quantitative estimate of drug-likeness (QED) is 0.0673. The molecule has 7 nitrogen and oxygen atoms in total. The average Bonchev–Trinajstić information content (AvgIpc) is 3.77. The van der Waals surface area contributed by atoms with E-state index in [-0.39, 0.29) is 5.97 Å². The average molecular weight is 670 g/mol. The molecule has 1 unspecified atom stereocenters. The third-order valence-corrected chi connectivity index (χ3v) is 10.1. The standard InChI is InChI=1S/C42H55NO6/c1-4-5-6-7-8-9-10-11-12-13-14-15-16-23-40(44)48-39-30-32(43-28-19-20-29-43)24-26-37(39)42(35-22-18-17-21-34(35)41(45)49-42)36-27-25-33(46-2)31-38(36)47-3/h17-18,21-22,24-27,30-31H,4-16,19-20,23,28-29H2,1-3H3. The number of carbonyl (C=O) groups excluding carboxylic acids is 2. The van der Waals surface area contributed by atoms with Crippen molar-refractivity contribution in [3.63, 3.8) is 0 Å². The van der Waals surface area contributed by atoms with Crippen LogP contribution >= 0.6 is 0 Å². The van der Waals surface area contributed by atoms with Gasteiger partial charge < -0.3 is 23.8 Å². The minimum atomic E-state index is -1.40. The van der Waals surface area contributed by atoms with Crippen molar-refractivity contribution in [1.82, 2.24) is 0 Å². The highest BCUT2D eigenvalue weighted by molar-refractivity contribution is 5.97. The molecule has 0 aliphatic carbocycles. The van der Waals surface area contributed by atoms with Crippen molar-refractivity contribution in [2.45, 2.75) is 115 Å². The Hall–Kier alpha value is -4.00. The molecule has 0 bridgehead atoms. The fraction of sp³-hybridized carbons (Fsp3) is 0.524. The van der Waals surface area contributed by atoms with Gasteiger partial charge in [-0.05, 0) is 49.6 Å². The molecule has 2 heterocycles. The summed E-state index contributed by atoms with van der Waals surface area (Å²) in [5, 5.41) is 0. The number of nitrogens with zero attached hydrogens (tertiary/aromatic N) is 1. The molecule has 1 fully saturated rings. The Bertz CT molecular complexity index is 1530. The number of methoxy groups -OCH3 is 2. The summed E-state index contributed by atoms with van der Waals surface area (Å²) in [6.07, 6.45) is 18.8. The van der Waals surface area contributed by atoms with Crippen LogP contribution in [0.15, 0.2) is 60.7 Å². The lowest BCUT2D eigenvalue weighted by molar-refractivity contribution is -0.134. The smallest absolute Gasteiger partial charge is 0.340 e. The Labute approximate surface area is 293 Å². The molecule has 7 heteroatoms. The molecule has 0 amide bonds. The van der Waals surface area contributed by atoms with Crippen molar-refractivity contribution in [3.05, 3.63) is 82.9 Å². The van der Waals surface area contributed by atoms with Gasteiger partial charge in [0.2, 0.25) is 0 Å². The normalized spacial score (nSPS) is 16.8. The Kier molecular flexibility index (Phi) is 13.4. The summed E-state index contributed by atoms with van der Waals surface area (Å²) in [4.78, 5) is 29.3. The van der Waals surface area contributed by atoms with Gasteiger partial charge in [0.1, 0.15) is 17.2 Å². The van der Waals surface area contributed by atoms with Crippen LogP contribution in [0.5, 0.6) is 17.2 Å². The van der Waals surface area contributed by atoms with Gasteiger partial charge in [0.15, 0.2) is 5.60 Å². The Balaban J connectivity index is 1.33. The maximum absolute atomic E-state index is 13.5. The van der Waals surface area contributed by atoms with Crippen LogP contribution in [0.4, 0.5) is 5.69 Å². The summed E-state index contributed by atoms with van der Waals surface area (Å²) in [5.74, 6) is 0.782. The molecule has 5 rings (SSSR count). The largest absolute Gasteiger partial charge is 0.497 e. The van der Waals surface area contributed by atoms with Crippen LogP contribution in [-0.2, 0) is 15.1 Å². The zero-order chi connectivity index (χ0) is 34.5. The predicted octanol–water partition coefficient (Wildman–Crippen LogP) is 10.2. The predicted molar refractivity (Wildman–Crippen MR) is 195 cm³/mol. The Morgan fingerprint density at radius 2 is 1.33 bits per heavy atom. The SMILES string of the molecule is CCCCCCCCCCCCCCCC(=O)Oc1cc(N2CCCC2)ccc1C1(c2ccc(OC)cc2OC)OC(=O)c2ccccc21. The molecular formula is C42H55NO6. The van der Waals surface area contributed by atoms with Crippen molar-refractivity contribution < 1.29 is 28.5 Å². The lowest BCUT2D eigenvalue weighted by Gasteiger charge is -2.33. The van der Waals surface area contributed by atoms with E-state index in [0.717, 1.165) is 50.9 Å². The van der Waals surface area contributed by atoms with E-state index < -0.39 is 11.6 Å². The monoisotopic (exact) mass is 669 g/mol. The van der Waals surface area contributed by atoms with E-state index in [2.05, 4.69) is 11.8 Å². The summed E-state index contributed by atoms with van der Waals surface area (Å²) in [5.41, 5.74) is 1.92. The van der Waals surface area contributed by atoms with Crippen LogP contribution in [-0.4, -0.2) is 39.2 Å². The molecule has 49 heavy (non-hydrogen) atoms. The first kappa shape index (κ1) is 36.3. The number of benzene rings is 3. The topological polar surface area (TPSA) is 74.3 Å². The van der Waals surface area contributed by atoms with E-state index in [4.69, 9.17) is 18.9 Å². The van der Waals surface area contributed by atoms with E-state index in [1.807, 2.05) is 48.5 Å². The van der Waals surface area contributed by atoms with Crippen LogP contribution in [0.1, 0.15) is 137 Å². The second kappa shape index (κ2) is 18.1. The molecule has 1 saturated heterocycles. The molecule has 264 valence electrons. The van der Waals surface area contributed by atoms with Gasteiger partial charge in [-0.25, -0.2) is 4.79 Å². The van der Waals surface area contributed by atoms with Crippen molar-refractivity contribution in [3.8, 4) is 17.2 Å². The van der Waals surface area contributed by atoms with E-state index in [0.29, 0.717) is 45.9 Å². The maximum Gasteiger partial charge on any atom is 0.340 e. The van der Waals surface area contributed by atoms with Gasteiger partial charge in [-0.15, -0.1) is 0 Å². The Morgan fingerprint density at radius 1 is 0.714 bits per heavy atom. The summed E-state index contributed by atoms with van der Waals surface area (Å²) < 4.78 is 24.0. The number of anilines is 1. The molecule has 1 atom stereocenters. The van der Waals surface area contributed by atoms with Crippen molar-refractivity contribution in [2.75, 3.05) is 32.2 Å². The van der Waals surface area contributed by atoms with Crippen molar-refractivity contribution in [2.24, 2.45) is 0 Å². The summed E-state index contributed by atoms with van der Waals surface area (Å²) in [6.45, 7) is 4.15. The molecule has 3 aromatic carbocycles. The van der Waals surface area contributed by atoms with Gasteiger partial charge in [0.25, 0.3) is 0 Å². The molecular weight excluding hydrogens is 614 g/mol. The molecule has 0 N–H and O–H groups in total. The Morgan fingerprint density at radius 3 is 1.98 bits per heavy atom. The third kappa shape index (κ3) is 8.78. The number of rotatable bonds is 20. The number of carbonyl (C=O) groups is 2. The minimum Gasteiger partial charge on any atom is -0.497 e. The number of hydrogen-bond acceptors (Lipinski definition) is 7. The zero-order valence-electron chi connectivity index (χ0n) is 29.9. The van der Waals surface area contributed by atoms with Crippen molar-refractivity contribution >= 4 is 17.6 Å². The van der Waals surface area contributed by atoms with Gasteiger partial charge >= 0.3 is 11.9 Å². The molecule has 3 aromatic rings. The lowest BCUT2D eigenvalue weighted by atomic mass is 9.78. The summed E-state index contributed by atoms with van der Waals surface area (Å²) >= 11 is 0. The van der Waals surface area contributed by atoms with Gasteiger partial charge in [0.05, 0.1) is 19.8 Å². The highest BCUT2D eigenvalue weighted by atomic mass is 16.6. The van der Waals surface area contributed by atoms with Crippen molar-refractivity contribution in [1.29, 1.82) is 0 Å². The van der Waals surface area contributed by atoms with E-state index in [9.17, 15) is 9.59 Å². The molecule has 2 aliphatic heterocycles. The molecule has 2 aliphatic rings. The molecule has 0 spiro atoms. The molecule has 0 radical (unpaired) electrons. The van der Waals surface area contributed by atoms with Gasteiger partial charge in [-0.3, -0.25) is 4.79 Å². The number of fused-ring (bicyclic) bond motifs is 1. The molecule has 0 aromatic heterocycles. The molecule has 0 saturated carbocycles. The van der Waals surface area contributed by atoms with Crippen LogP contribution < -0.4 is 19.1 Å². The number of unbranched alkanes of at least 4 members (excludes halogenated alkanes) is 12. The highest BCUT2D eigenvalue weighted by Gasteiger charge is 2.52. The van der Waals surface area contributed by atoms with Crippen LogP contribution in [0.3, 0.4) is 0 Å². The second-order valence-electron chi connectivity index (χ2n) is 13.5.